The van der Waals surface area contributed by atoms with E-state index in [1.807, 2.05) is 0 Å². The summed E-state index contributed by atoms with van der Waals surface area (Å²) in [4.78, 5) is 21.9. The topological polar surface area (TPSA) is 93.1 Å². The van der Waals surface area contributed by atoms with Crippen molar-refractivity contribution in [1.29, 1.82) is 0 Å². The van der Waals surface area contributed by atoms with E-state index in [-0.39, 0.29) is 11.1 Å². The normalized spacial score (nSPS) is 10.6. The number of unbranched alkanes of at least 4 members (excludes halogenated alkanes) is 4. The Kier molecular flexibility index (Phi) is 8.34. The molecule has 2 rings (SSSR count). The standard InChI is InChI=1S/C22H26O6/c1-2-3-4-5-6-7-20(27-18-12-8-16(9-13-18)21(23)24)28-19-14-10-17(11-15-19)22(25)26/h8-15,20H,2-7H2,1H3,(H,23,24)(H,25,26). The number of benzene rings is 2. The highest BCUT2D eigenvalue weighted by Gasteiger charge is 2.14. The monoisotopic (exact) mass is 386 g/mol. The molecule has 0 unspecified atom stereocenters. The minimum absolute atomic E-state index is 0.189. The van der Waals surface area contributed by atoms with Gasteiger partial charge in [-0.15, -0.1) is 0 Å². The van der Waals surface area contributed by atoms with Gasteiger partial charge in [-0.3, -0.25) is 0 Å². The Morgan fingerprint density at radius 3 is 1.57 bits per heavy atom. The molecule has 0 atom stereocenters. The first-order chi connectivity index (χ1) is 13.5. The van der Waals surface area contributed by atoms with Gasteiger partial charge in [0.25, 0.3) is 0 Å². The SMILES string of the molecule is CCCCCCCC(Oc1ccc(C(=O)O)cc1)Oc1ccc(C(=O)O)cc1. The first kappa shape index (κ1) is 21.3. The summed E-state index contributed by atoms with van der Waals surface area (Å²) in [6.45, 7) is 2.16. The molecular formula is C22H26O6. The quantitative estimate of drug-likeness (QED) is 0.383. The van der Waals surface area contributed by atoms with Crippen LogP contribution in [0.5, 0.6) is 11.5 Å². The van der Waals surface area contributed by atoms with Gasteiger partial charge in [0.1, 0.15) is 11.5 Å². The first-order valence-electron chi connectivity index (χ1n) is 9.49. The Balaban J connectivity index is 2.02. The van der Waals surface area contributed by atoms with Gasteiger partial charge >= 0.3 is 11.9 Å². The molecule has 2 aromatic rings. The fraction of sp³-hybridized carbons (Fsp3) is 0.364. The van der Waals surface area contributed by atoms with Crippen molar-refractivity contribution in [2.45, 2.75) is 51.7 Å². The third-order valence-electron chi connectivity index (χ3n) is 4.28. The lowest BCUT2D eigenvalue weighted by molar-refractivity contribution is -0.00246. The zero-order valence-corrected chi connectivity index (χ0v) is 16.0. The fourth-order valence-corrected chi connectivity index (χ4v) is 2.71. The van der Waals surface area contributed by atoms with Crippen molar-refractivity contribution in [3.05, 3.63) is 59.7 Å². The molecule has 0 radical (unpaired) electrons. The third kappa shape index (κ3) is 6.95. The number of rotatable bonds is 12. The number of carbonyl (C=O) groups is 2. The van der Waals surface area contributed by atoms with E-state index in [2.05, 4.69) is 6.92 Å². The lowest BCUT2D eigenvalue weighted by Crippen LogP contribution is -2.24. The maximum atomic E-state index is 11.0. The maximum absolute atomic E-state index is 11.0. The number of aromatic carboxylic acids is 2. The molecule has 0 spiro atoms. The largest absolute Gasteiger partial charge is 0.478 e. The van der Waals surface area contributed by atoms with Crippen molar-refractivity contribution in [3.63, 3.8) is 0 Å². The highest BCUT2D eigenvalue weighted by molar-refractivity contribution is 5.88. The van der Waals surface area contributed by atoms with E-state index in [4.69, 9.17) is 19.7 Å². The minimum Gasteiger partial charge on any atom is -0.478 e. The van der Waals surface area contributed by atoms with E-state index in [0.29, 0.717) is 17.9 Å². The molecule has 2 aromatic carbocycles. The van der Waals surface area contributed by atoms with Crippen LogP contribution < -0.4 is 9.47 Å². The second kappa shape index (κ2) is 11.0. The Bertz CT molecular complexity index is 692. The fourth-order valence-electron chi connectivity index (χ4n) is 2.71. The average molecular weight is 386 g/mol. The van der Waals surface area contributed by atoms with Crippen molar-refractivity contribution in [3.8, 4) is 11.5 Å². The number of hydrogen-bond donors (Lipinski definition) is 2. The van der Waals surface area contributed by atoms with Crippen LogP contribution in [-0.4, -0.2) is 28.4 Å². The highest BCUT2D eigenvalue weighted by atomic mass is 16.7. The molecule has 2 N–H and O–H groups in total. The Hall–Kier alpha value is -3.02. The molecule has 150 valence electrons. The number of ether oxygens (including phenoxy) is 2. The van der Waals surface area contributed by atoms with Gasteiger partial charge in [0, 0.05) is 6.42 Å². The molecule has 0 amide bonds. The van der Waals surface area contributed by atoms with Crippen LogP contribution in [0.2, 0.25) is 0 Å². The molecule has 0 heterocycles. The molecule has 0 aliphatic rings. The van der Waals surface area contributed by atoms with Crippen LogP contribution in [0.15, 0.2) is 48.5 Å². The lowest BCUT2D eigenvalue weighted by atomic mass is 10.1. The van der Waals surface area contributed by atoms with E-state index in [1.54, 1.807) is 24.3 Å². The second-order valence-corrected chi connectivity index (χ2v) is 6.53. The lowest BCUT2D eigenvalue weighted by Gasteiger charge is -2.21. The van der Waals surface area contributed by atoms with Gasteiger partial charge in [-0.25, -0.2) is 9.59 Å². The second-order valence-electron chi connectivity index (χ2n) is 6.53. The minimum atomic E-state index is -0.992. The summed E-state index contributed by atoms with van der Waals surface area (Å²) in [5, 5.41) is 18.0. The van der Waals surface area contributed by atoms with Gasteiger partial charge in [-0.05, 0) is 55.0 Å². The summed E-state index contributed by atoms with van der Waals surface area (Å²) in [5.41, 5.74) is 0.377. The Morgan fingerprint density at radius 1 is 0.750 bits per heavy atom. The van der Waals surface area contributed by atoms with Gasteiger partial charge in [0.15, 0.2) is 0 Å². The zero-order valence-electron chi connectivity index (χ0n) is 16.0. The Labute approximate surface area is 164 Å². The summed E-state index contributed by atoms with van der Waals surface area (Å²) < 4.78 is 11.8. The van der Waals surface area contributed by atoms with Crippen LogP contribution >= 0.6 is 0 Å². The molecule has 0 saturated carbocycles. The smallest absolute Gasteiger partial charge is 0.335 e. The van der Waals surface area contributed by atoms with Gasteiger partial charge < -0.3 is 19.7 Å². The van der Waals surface area contributed by atoms with E-state index in [0.717, 1.165) is 19.3 Å². The van der Waals surface area contributed by atoms with E-state index in [9.17, 15) is 9.59 Å². The molecule has 0 bridgehead atoms. The Morgan fingerprint density at radius 2 is 1.18 bits per heavy atom. The van der Waals surface area contributed by atoms with Crippen molar-refractivity contribution < 1.29 is 29.3 Å². The average Bonchev–Trinajstić information content (AvgIpc) is 2.68. The molecule has 6 heteroatoms. The number of hydrogen-bond acceptors (Lipinski definition) is 4. The summed E-state index contributed by atoms with van der Waals surface area (Å²) in [5.74, 6) is -0.945. The van der Waals surface area contributed by atoms with Crippen molar-refractivity contribution in [2.24, 2.45) is 0 Å². The molecule has 0 fully saturated rings. The van der Waals surface area contributed by atoms with Crippen LogP contribution in [0.4, 0.5) is 0 Å². The van der Waals surface area contributed by atoms with Crippen molar-refractivity contribution in [2.75, 3.05) is 0 Å². The summed E-state index contributed by atoms with van der Waals surface area (Å²) in [7, 11) is 0. The number of carboxylic acids is 2. The third-order valence-corrected chi connectivity index (χ3v) is 4.28. The van der Waals surface area contributed by atoms with Crippen LogP contribution in [0.1, 0.15) is 66.2 Å². The predicted octanol–water partition coefficient (Wildman–Crippen LogP) is 5.23. The van der Waals surface area contributed by atoms with E-state index >= 15 is 0 Å². The van der Waals surface area contributed by atoms with Gasteiger partial charge in [-0.2, -0.15) is 0 Å². The number of carboxylic acid groups (broad SMARTS) is 2. The molecule has 28 heavy (non-hydrogen) atoms. The molecule has 0 saturated heterocycles. The molecule has 6 nitrogen and oxygen atoms in total. The summed E-state index contributed by atoms with van der Waals surface area (Å²) in [6.07, 6.45) is 5.66. The van der Waals surface area contributed by atoms with E-state index in [1.165, 1.54) is 37.1 Å². The molecular weight excluding hydrogens is 360 g/mol. The van der Waals surface area contributed by atoms with Crippen molar-refractivity contribution >= 4 is 11.9 Å². The van der Waals surface area contributed by atoms with Crippen LogP contribution in [0, 0.1) is 0 Å². The highest BCUT2D eigenvalue weighted by Crippen LogP contribution is 2.21. The summed E-state index contributed by atoms with van der Waals surface area (Å²) >= 11 is 0. The summed E-state index contributed by atoms with van der Waals surface area (Å²) in [6, 6.07) is 12.3. The van der Waals surface area contributed by atoms with E-state index < -0.39 is 18.2 Å². The molecule has 0 aliphatic heterocycles. The van der Waals surface area contributed by atoms with Crippen molar-refractivity contribution in [1.82, 2.24) is 0 Å². The molecule has 0 aromatic heterocycles. The van der Waals surface area contributed by atoms with Gasteiger partial charge in [-0.1, -0.05) is 32.6 Å². The van der Waals surface area contributed by atoms with Crippen LogP contribution in [-0.2, 0) is 0 Å². The van der Waals surface area contributed by atoms with Crippen LogP contribution in [0.3, 0.4) is 0 Å². The van der Waals surface area contributed by atoms with Gasteiger partial charge in [0.05, 0.1) is 11.1 Å². The first-order valence-corrected chi connectivity index (χ1v) is 9.49. The van der Waals surface area contributed by atoms with Crippen LogP contribution in [0.25, 0.3) is 0 Å². The predicted molar refractivity (Wildman–Crippen MR) is 105 cm³/mol. The maximum Gasteiger partial charge on any atom is 0.335 e. The van der Waals surface area contributed by atoms with Gasteiger partial charge in [0.2, 0.25) is 6.29 Å². The molecule has 0 aliphatic carbocycles. The zero-order chi connectivity index (χ0) is 20.4.